The van der Waals surface area contributed by atoms with Crippen LogP contribution in [-0.2, 0) is 20.7 Å². The zero-order valence-corrected chi connectivity index (χ0v) is 17.4. The van der Waals surface area contributed by atoms with Gasteiger partial charge in [-0.25, -0.2) is 0 Å². The summed E-state index contributed by atoms with van der Waals surface area (Å²) in [5.74, 6) is -1.04. The van der Waals surface area contributed by atoms with E-state index in [4.69, 9.17) is 4.74 Å². The van der Waals surface area contributed by atoms with Gasteiger partial charge in [0, 0.05) is 10.5 Å². The van der Waals surface area contributed by atoms with E-state index in [1.165, 1.54) is 22.9 Å². The van der Waals surface area contributed by atoms with Gasteiger partial charge in [0.15, 0.2) is 12.4 Å². The molecule has 0 spiro atoms. The van der Waals surface area contributed by atoms with E-state index in [2.05, 4.69) is 17.4 Å². The summed E-state index contributed by atoms with van der Waals surface area (Å²) >= 11 is 1.33. The smallest absolute Gasteiger partial charge is 0.307 e. The van der Waals surface area contributed by atoms with Gasteiger partial charge in [0.1, 0.15) is 0 Å². The molecular weight excluding hydrogens is 410 g/mol. The van der Waals surface area contributed by atoms with E-state index in [1.54, 1.807) is 6.07 Å². The first kappa shape index (κ1) is 19.6. The first-order valence-electron chi connectivity index (χ1n) is 10.0. The Morgan fingerprint density at radius 3 is 2.65 bits per heavy atom. The molecule has 3 aromatic carbocycles. The molecule has 0 saturated carbocycles. The maximum atomic E-state index is 12.6. The molecular formula is C25H19NO4S. The number of amides is 1. The molecule has 0 aromatic heterocycles. The minimum atomic E-state index is -0.573. The van der Waals surface area contributed by atoms with Gasteiger partial charge < -0.3 is 10.1 Å². The van der Waals surface area contributed by atoms with E-state index in [1.807, 2.05) is 48.5 Å². The van der Waals surface area contributed by atoms with Crippen molar-refractivity contribution in [2.24, 2.45) is 0 Å². The highest BCUT2D eigenvalue weighted by Gasteiger charge is 2.29. The highest BCUT2D eigenvalue weighted by molar-refractivity contribution is 8.01. The Morgan fingerprint density at radius 2 is 1.74 bits per heavy atom. The molecule has 1 aliphatic carbocycles. The number of para-hydroxylation sites is 1. The molecule has 1 heterocycles. The van der Waals surface area contributed by atoms with Crippen molar-refractivity contribution in [3.63, 3.8) is 0 Å². The summed E-state index contributed by atoms with van der Waals surface area (Å²) in [6.07, 6.45) is 0.708. The fourth-order valence-electron chi connectivity index (χ4n) is 3.99. The van der Waals surface area contributed by atoms with Crippen molar-refractivity contribution >= 4 is 35.1 Å². The molecule has 1 amide bonds. The maximum Gasteiger partial charge on any atom is 0.307 e. The number of hydrogen-bond acceptors (Lipinski definition) is 5. The number of fused-ring (bicyclic) bond motifs is 4. The van der Waals surface area contributed by atoms with Crippen LogP contribution in [0.5, 0.6) is 0 Å². The zero-order chi connectivity index (χ0) is 21.4. The number of ketones is 1. The van der Waals surface area contributed by atoms with Crippen LogP contribution in [0.15, 0.2) is 71.6 Å². The Balaban J connectivity index is 1.19. The Morgan fingerprint density at radius 1 is 0.968 bits per heavy atom. The number of carbonyl (C=O) groups excluding carboxylic acids is 3. The number of carbonyl (C=O) groups is 3. The number of ether oxygens (including phenoxy) is 1. The van der Waals surface area contributed by atoms with Crippen LogP contribution >= 0.6 is 11.8 Å². The average Bonchev–Trinajstić information content (AvgIpc) is 3.16. The van der Waals surface area contributed by atoms with Gasteiger partial charge in [-0.05, 0) is 46.9 Å². The van der Waals surface area contributed by atoms with Gasteiger partial charge in [-0.1, -0.05) is 48.5 Å². The quantitative estimate of drug-likeness (QED) is 0.374. The lowest BCUT2D eigenvalue weighted by Gasteiger charge is -2.23. The largest absolute Gasteiger partial charge is 0.457 e. The van der Waals surface area contributed by atoms with Crippen molar-refractivity contribution < 1.29 is 19.1 Å². The number of nitrogens with one attached hydrogen (secondary N) is 1. The Labute approximate surface area is 183 Å². The number of Topliss-reactive ketones (excluding diaryl/α,β-unsaturated/α-hetero) is 1. The zero-order valence-electron chi connectivity index (χ0n) is 16.6. The van der Waals surface area contributed by atoms with E-state index in [-0.39, 0.29) is 24.7 Å². The van der Waals surface area contributed by atoms with Crippen LogP contribution in [0.25, 0.3) is 11.1 Å². The topological polar surface area (TPSA) is 72.5 Å². The molecule has 1 atom stereocenters. The molecule has 0 radical (unpaired) electrons. The van der Waals surface area contributed by atoms with Crippen LogP contribution in [0.3, 0.4) is 0 Å². The monoisotopic (exact) mass is 429 g/mol. The lowest BCUT2D eigenvalue weighted by atomic mass is 10.0. The fourth-order valence-corrected chi connectivity index (χ4v) is 5.08. The van der Waals surface area contributed by atoms with Gasteiger partial charge in [0.05, 0.1) is 17.4 Å². The average molecular weight is 429 g/mol. The van der Waals surface area contributed by atoms with Crippen LogP contribution in [0.2, 0.25) is 0 Å². The number of rotatable bonds is 5. The molecule has 154 valence electrons. The van der Waals surface area contributed by atoms with Crippen molar-refractivity contribution in [3.8, 4) is 11.1 Å². The Kier molecular flexibility index (Phi) is 5.08. The molecule has 0 bridgehead atoms. The molecule has 3 aromatic rings. The van der Waals surface area contributed by atoms with E-state index in [9.17, 15) is 14.4 Å². The summed E-state index contributed by atoms with van der Waals surface area (Å²) in [5.41, 5.74) is 5.97. The summed E-state index contributed by atoms with van der Waals surface area (Å²) in [4.78, 5) is 38.0. The van der Waals surface area contributed by atoms with Gasteiger partial charge in [0.25, 0.3) is 0 Å². The Bertz CT molecular complexity index is 1220. The van der Waals surface area contributed by atoms with Crippen molar-refractivity contribution in [1.82, 2.24) is 0 Å². The van der Waals surface area contributed by atoms with Crippen molar-refractivity contribution in [1.29, 1.82) is 0 Å². The van der Waals surface area contributed by atoms with Gasteiger partial charge in [-0.3, -0.25) is 14.4 Å². The molecule has 31 heavy (non-hydrogen) atoms. The number of anilines is 1. The van der Waals surface area contributed by atoms with Gasteiger partial charge >= 0.3 is 5.97 Å². The summed E-state index contributed by atoms with van der Waals surface area (Å²) in [5, 5.41) is 2.23. The second-order valence-electron chi connectivity index (χ2n) is 7.59. The SMILES string of the molecule is O=C(C[C@H]1Sc2ccccc2NC1=O)OCC(=O)c1ccc2c(c1)Cc1ccccc1-2. The third-order valence-corrected chi connectivity index (χ3v) is 6.81. The molecule has 2 aliphatic rings. The molecule has 0 fully saturated rings. The second-order valence-corrected chi connectivity index (χ2v) is 8.83. The van der Waals surface area contributed by atoms with E-state index in [0.29, 0.717) is 5.56 Å². The number of benzene rings is 3. The van der Waals surface area contributed by atoms with Crippen molar-refractivity contribution in [2.75, 3.05) is 11.9 Å². The lowest BCUT2D eigenvalue weighted by Crippen LogP contribution is -2.31. The third kappa shape index (κ3) is 3.86. The minimum Gasteiger partial charge on any atom is -0.457 e. The van der Waals surface area contributed by atoms with Crippen molar-refractivity contribution in [3.05, 3.63) is 83.4 Å². The highest BCUT2D eigenvalue weighted by atomic mass is 32.2. The lowest BCUT2D eigenvalue weighted by molar-refractivity contribution is -0.143. The maximum absolute atomic E-state index is 12.6. The van der Waals surface area contributed by atoms with Crippen LogP contribution in [0.4, 0.5) is 5.69 Å². The number of esters is 1. The van der Waals surface area contributed by atoms with Gasteiger partial charge in [0.2, 0.25) is 5.91 Å². The number of thioether (sulfide) groups is 1. The highest BCUT2D eigenvalue weighted by Crippen LogP contribution is 2.37. The van der Waals surface area contributed by atoms with Crippen LogP contribution < -0.4 is 5.32 Å². The molecule has 5 rings (SSSR count). The summed E-state index contributed by atoms with van der Waals surface area (Å²) < 4.78 is 5.20. The predicted molar refractivity (Wildman–Crippen MR) is 119 cm³/mol. The van der Waals surface area contributed by atoms with Gasteiger partial charge in [-0.2, -0.15) is 0 Å². The first-order chi connectivity index (χ1) is 15.1. The first-order valence-corrected chi connectivity index (χ1v) is 10.9. The normalized spacial score (nSPS) is 16.0. The van der Waals surface area contributed by atoms with E-state index >= 15 is 0 Å². The number of hydrogen-bond donors (Lipinski definition) is 1. The van der Waals surface area contributed by atoms with E-state index in [0.717, 1.165) is 28.1 Å². The summed E-state index contributed by atoms with van der Waals surface area (Å²) in [6, 6.07) is 21.3. The van der Waals surface area contributed by atoms with Crippen LogP contribution in [0, 0.1) is 0 Å². The minimum absolute atomic E-state index is 0.0857. The molecule has 6 heteroatoms. The molecule has 5 nitrogen and oxygen atoms in total. The Hall–Kier alpha value is -3.38. The summed E-state index contributed by atoms with van der Waals surface area (Å²) in [6.45, 7) is -0.333. The predicted octanol–water partition coefficient (Wildman–Crippen LogP) is 4.49. The van der Waals surface area contributed by atoms with Gasteiger partial charge in [-0.15, -0.1) is 11.8 Å². The molecule has 1 N–H and O–H groups in total. The molecule has 0 unspecified atom stereocenters. The fraction of sp³-hybridized carbons (Fsp3) is 0.160. The molecule has 0 saturated heterocycles. The second kappa shape index (κ2) is 8.04. The van der Waals surface area contributed by atoms with Crippen molar-refractivity contribution in [2.45, 2.75) is 23.0 Å². The molecule has 1 aliphatic heterocycles. The van der Waals surface area contributed by atoms with E-state index < -0.39 is 11.2 Å². The van der Waals surface area contributed by atoms with Crippen LogP contribution in [0.1, 0.15) is 27.9 Å². The summed E-state index contributed by atoms with van der Waals surface area (Å²) in [7, 11) is 0. The standard InChI is InChI=1S/C25H19NO4S/c27-21(16-9-10-19-17(12-16)11-15-5-1-2-6-18(15)19)14-30-24(28)13-23-25(29)26-20-7-3-4-8-22(20)31-23/h1-10,12,23H,11,13-14H2,(H,26,29)/t23-/m1/s1. The van der Waals surface area contributed by atoms with Crippen LogP contribution in [-0.4, -0.2) is 29.5 Å². The third-order valence-electron chi connectivity index (χ3n) is 5.54.